The van der Waals surface area contributed by atoms with Crippen LogP contribution < -0.4 is 9.47 Å². The van der Waals surface area contributed by atoms with Crippen molar-refractivity contribution in [2.24, 2.45) is 0 Å². The van der Waals surface area contributed by atoms with Crippen LogP contribution in [0.15, 0.2) is 30.0 Å². The summed E-state index contributed by atoms with van der Waals surface area (Å²) in [7, 11) is 3.17. The lowest BCUT2D eigenvalue weighted by atomic mass is 9.98. The fourth-order valence-electron chi connectivity index (χ4n) is 2.02. The SMILES string of the molecule is COc1ccc(C(O)C2=COCCC2)cc1OC. The highest BCUT2D eigenvalue weighted by atomic mass is 16.5. The fraction of sp³-hybridized carbons (Fsp3) is 0.429. The molecule has 1 unspecified atom stereocenters. The molecule has 1 N–H and O–H groups in total. The van der Waals surface area contributed by atoms with E-state index in [4.69, 9.17) is 14.2 Å². The van der Waals surface area contributed by atoms with E-state index in [1.807, 2.05) is 6.07 Å². The zero-order chi connectivity index (χ0) is 13.0. The number of ether oxygens (including phenoxy) is 3. The summed E-state index contributed by atoms with van der Waals surface area (Å²) in [5.41, 5.74) is 1.68. The third-order valence-electron chi connectivity index (χ3n) is 3.04. The molecule has 0 spiro atoms. The predicted octanol–water partition coefficient (Wildman–Crippen LogP) is 2.43. The minimum absolute atomic E-state index is 0.617. The van der Waals surface area contributed by atoms with E-state index in [1.54, 1.807) is 32.6 Å². The summed E-state index contributed by atoms with van der Waals surface area (Å²) >= 11 is 0. The predicted molar refractivity (Wildman–Crippen MR) is 67.8 cm³/mol. The van der Waals surface area contributed by atoms with Gasteiger partial charge in [0.25, 0.3) is 0 Å². The Labute approximate surface area is 107 Å². The van der Waals surface area contributed by atoms with Crippen molar-refractivity contribution in [2.45, 2.75) is 18.9 Å². The largest absolute Gasteiger partial charge is 0.501 e. The number of methoxy groups -OCH3 is 2. The summed E-state index contributed by atoms with van der Waals surface area (Å²) in [4.78, 5) is 0. The first-order valence-corrected chi connectivity index (χ1v) is 5.96. The molecule has 0 radical (unpaired) electrons. The van der Waals surface area contributed by atoms with E-state index in [0.717, 1.165) is 30.6 Å². The van der Waals surface area contributed by atoms with Gasteiger partial charge in [-0.1, -0.05) is 6.07 Å². The molecule has 1 aromatic carbocycles. The van der Waals surface area contributed by atoms with Gasteiger partial charge in [-0.05, 0) is 36.1 Å². The maximum Gasteiger partial charge on any atom is 0.161 e. The summed E-state index contributed by atoms with van der Waals surface area (Å²) in [5.74, 6) is 1.27. The molecular weight excluding hydrogens is 232 g/mol. The van der Waals surface area contributed by atoms with Crippen molar-refractivity contribution in [1.82, 2.24) is 0 Å². The van der Waals surface area contributed by atoms with Crippen molar-refractivity contribution in [3.63, 3.8) is 0 Å². The quantitative estimate of drug-likeness (QED) is 0.891. The van der Waals surface area contributed by atoms with Crippen LogP contribution in [0.4, 0.5) is 0 Å². The molecular formula is C14H18O4. The Morgan fingerprint density at radius 1 is 1.22 bits per heavy atom. The van der Waals surface area contributed by atoms with Crippen LogP contribution in [-0.2, 0) is 4.74 Å². The minimum Gasteiger partial charge on any atom is -0.501 e. The molecule has 1 aliphatic heterocycles. The van der Waals surface area contributed by atoms with Crippen molar-refractivity contribution in [3.05, 3.63) is 35.6 Å². The highest BCUT2D eigenvalue weighted by Gasteiger charge is 2.18. The number of hydrogen-bond donors (Lipinski definition) is 1. The third kappa shape index (κ3) is 2.59. The van der Waals surface area contributed by atoms with Gasteiger partial charge in [-0.2, -0.15) is 0 Å². The summed E-state index contributed by atoms with van der Waals surface area (Å²) < 4.78 is 15.6. The first kappa shape index (κ1) is 12.8. The van der Waals surface area contributed by atoms with E-state index in [9.17, 15) is 5.11 Å². The molecule has 0 aromatic heterocycles. The standard InChI is InChI=1S/C14H18O4/c1-16-12-6-5-10(8-13(12)17-2)14(15)11-4-3-7-18-9-11/h5-6,8-9,14-15H,3-4,7H2,1-2H3. The van der Waals surface area contributed by atoms with Crippen LogP contribution in [0.25, 0.3) is 0 Å². The number of aliphatic hydroxyl groups excluding tert-OH is 1. The summed E-state index contributed by atoms with van der Waals surface area (Å²) in [6, 6.07) is 5.42. The van der Waals surface area contributed by atoms with E-state index in [2.05, 4.69) is 0 Å². The summed E-state index contributed by atoms with van der Waals surface area (Å²) in [6.07, 6.45) is 2.81. The van der Waals surface area contributed by atoms with Crippen LogP contribution >= 0.6 is 0 Å². The molecule has 0 saturated carbocycles. The van der Waals surface area contributed by atoms with Crippen molar-refractivity contribution >= 4 is 0 Å². The number of benzene rings is 1. The maximum absolute atomic E-state index is 10.3. The van der Waals surface area contributed by atoms with Gasteiger partial charge in [0.1, 0.15) is 6.10 Å². The van der Waals surface area contributed by atoms with E-state index in [-0.39, 0.29) is 0 Å². The van der Waals surface area contributed by atoms with Crippen LogP contribution in [0.1, 0.15) is 24.5 Å². The Morgan fingerprint density at radius 2 is 2.00 bits per heavy atom. The maximum atomic E-state index is 10.3. The fourth-order valence-corrected chi connectivity index (χ4v) is 2.02. The molecule has 98 valence electrons. The smallest absolute Gasteiger partial charge is 0.161 e. The van der Waals surface area contributed by atoms with Crippen molar-refractivity contribution in [1.29, 1.82) is 0 Å². The molecule has 0 amide bonds. The van der Waals surface area contributed by atoms with E-state index in [1.165, 1.54) is 0 Å². The summed E-state index contributed by atoms with van der Waals surface area (Å²) in [6.45, 7) is 0.724. The highest BCUT2D eigenvalue weighted by Crippen LogP contribution is 2.33. The molecule has 1 atom stereocenters. The molecule has 0 aliphatic carbocycles. The van der Waals surface area contributed by atoms with Crippen LogP contribution in [0, 0.1) is 0 Å². The van der Waals surface area contributed by atoms with Gasteiger partial charge in [-0.15, -0.1) is 0 Å². The average Bonchev–Trinajstić information content (AvgIpc) is 2.46. The van der Waals surface area contributed by atoms with Gasteiger partial charge in [-0.3, -0.25) is 0 Å². The lowest BCUT2D eigenvalue weighted by Gasteiger charge is -2.20. The molecule has 0 bridgehead atoms. The monoisotopic (exact) mass is 250 g/mol. The molecule has 2 rings (SSSR count). The number of hydrogen-bond acceptors (Lipinski definition) is 4. The Balaban J connectivity index is 2.24. The van der Waals surface area contributed by atoms with Gasteiger partial charge in [0.05, 0.1) is 27.1 Å². The molecule has 4 heteroatoms. The van der Waals surface area contributed by atoms with Gasteiger partial charge in [-0.25, -0.2) is 0 Å². The van der Waals surface area contributed by atoms with Gasteiger partial charge in [0.15, 0.2) is 11.5 Å². The van der Waals surface area contributed by atoms with Crippen LogP contribution in [-0.4, -0.2) is 25.9 Å². The number of aliphatic hydroxyl groups is 1. The lowest BCUT2D eigenvalue weighted by molar-refractivity contribution is 0.170. The topological polar surface area (TPSA) is 47.9 Å². The Kier molecular flexibility index (Phi) is 4.10. The summed E-state index contributed by atoms with van der Waals surface area (Å²) in [5, 5.41) is 10.3. The Morgan fingerprint density at radius 3 is 2.61 bits per heavy atom. The number of rotatable bonds is 4. The van der Waals surface area contributed by atoms with Crippen LogP contribution in [0.5, 0.6) is 11.5 Å². The Hall–Kier alpha value is -1.68. The first-order chi connectivity index (χ1) is 8.76. The molecule has 18 heavy (non-hydrogen) atoms. The van der Waals surface area contributed by atoms with Gasteiger partial charge in [0, 0.05) is 0 Å². The van der Waals surface area contributed by atoms with Crippen molar-refractivity contribution in [2.75, 3.05) is 20.8 Å². The van der Waals surface area contributed by atoms with Crippen molar-refractivity contribution in [3.8, 4) is 11.5 Å². The molecule has 4 nitrogen and oxygen atoms in total. The van der Waals surface area contributed by atoms with Gasteiger partial charge >= 0.3 is 0 Å². The van der Waals surface area contributed by atoms with Crippen LogP contribution in [0.3, 0.4) is 0 Å². The van der Waals surface area contributed by atoms with E-state index >= 15 is 0 Å². The third-order valence-corrected chi connectivity index (χ3v) is 3.04. The van der Waals surface area contributed by atoms with Gasteiger partial charge in [0.2, 0.25) is 0 Å². The zero-order valence-electron chi connectivity index (χ0n) is 10.7. The van der Waals surface area contributed by atoms with Crippen molar-refractivity contribution < 1.29 is 19.3 Å². The second kappa shape index (κ2) is 5.78. The molecule has 0 saturated heterocycles. The van der Waals surface area contributed by atoms with Crippen LogP contribution in [0.2, 0.25) is 0 Å². The Bertz CT molecular complexity index is 439. The highest BCUT2D eigenvalue weighted by molar-refractivity contribution is 5.44. The van der Waals surface area contributed by atoms with E-state index in [0.29, 0.717) is 11.5 Å². The zero-order valence-corrected chi connectivity index (χ0v) is 10.7. The molecule has 0 fully saturated rings. The normalized spacial score (nSPS) is 16.5. The minimum atomic E-state index is -0.648. The second-order valence-corrected chi connectivity index (χ2v) is 4.18. The molecule has 1 aliphatic rings. The first-order valence-electron chi connectivity index (χ1n) is 5.96. The van der Waals surface area contributed by atoms with E-state index < -0.39 is 6.10 Å². The molecule has 1 aromatic rings. The van der Waals surface area contributed by atoms with Gasteiger partial charge < -0.3 is 19.3 Å². The average molecular weight is 250 g/mol. The lowest BCUT2D eigenvalue weighted by Crippen LogP contribution is -2.08. The second-order valence-electron chi connectivity index (χ2n) is 4.18. The molecule has 1 heterocycles.